The van der Waals surface area contributed by atoms with Gasteiger partial charge in [0.2, 0.25) is 0 Å². The Morgan fingerprint density at radius 1 is 1.16 bits per heavy atom. The van der Waals surface area contributed by atoms with Crippen LogP contribution in [0.1, 0.15) is 30.0 Å². The van der Waals surface area contributed by atoms with Crippen LogP contribution in [0.3, 0.4) is 0 Å². The van der Waals surface area contributed by atoms with Gasteiger partial charge in [-0.1, -0.05) is 24.3 Å². The molecule has 2 aromatic rings. The number of benzene rings is 2. The molecule has 0 fully saturated rings. The van der Waals surface area contributed by atoms with E-state index < -0.39 is 4.92 Å². The van der Waals surface area contributed by atoms with Crippen LogP contribution in [0, 0.1) is 17.0 Å². The fourth-order valence-corrected chi connectivity index (χ4v) is 2.79. The number of halogens is 1. The molecule has 2 rings (SSSR count). The molecule has 0 aliphatic rings. The lowest BCUT2D eigenvalue weighted by molar-refractivity contribution is -0.384. The van der Waals surface area contributed by atoms with E-state index in [1.54, 1.807) is 19.2 Å². The van der Waals surface area contributed by atoms with Crippen LogP contribution in [0.15, 0.2) is 47.5 Å². The molecule has 2 N–H and O–H groups in total. The Morgan fingerprint density at radius 2 is 1.97 bits per heavy atom. The molecule has 8 nitrogen and oxygen atoms in total. The Balaban J connectivity index is 0.00000480. The van der Waals surface area contributed by atoms with E-state index in [1.165, 1.54) is 6.07 Å². The molecular formula is C22H31IN4O4. The van der Waals surface area contributed by atoms with E-state index in [-0.39, 0.29) is 29.7 Å². The number of aryl methyl sites for hydroxylation is 1. The molecule has 0 bridgehead atoms. The van der Waals surface area contributed by atoms with Crippen LogP contribution in [-0.4, -0.2) is 37.8 Å². The number of non-ortho nitro benzene ring substituents is 1. The lowest BCUT2D eigenvalue weighted by atomic mass is 10.1. The van der Waals surface area contributed by atoms with Gasteiger partial charge in [0.1, 0.15) is 5.75 Å². The molecule has 0 amide bonds. The summed E-state index contributed by atoms with van der Waals surface area (Å²) in [6, 6.07) is 12.6. The fraction of sp³-hybridized carbons (Fsp3) is 0.409. The SMILES string of the molecule is CCNC(=NCc1cccc([N+](=O)[O-])c1)NCc1ccc(C)cc1OCCCOC.I. The predicted octanol–water partition coefficient (Wildman–Crippen LogP) is 4.19. The zero-order valence-corrected chi connectivity index (χ0v) is 20.6. The first-order valence-corrected chi connectivity index (χ1v) is 10.00. The zero-order chi connectivity index (χ0) is 21.8. The van der Waals surface area contributed by atoms with E-state index in [9.17, 15) is 10.1 Å². The van der Waals surface area contributed by atoms with Gasteiger partial charge in [0.15, 0.2) is 5.96 Å². The van der Waals surface area contributed by atoms with Crippen molar-refractivity contribution in [3.63, 3.8) is 0 Å². The summed E-state index contributed by atoms with van der Waals surface area (Å²) in [7, 11) is 1.68. The molecule has 0 spiro atoms. The molecule has 0 unspecified atom stereocenters. The zero-order valence-electron chi connectivity index (χ0n) is 18.2. The van der Waals surface area contributed by atoms with Gasteiger partial charge in [0, 0.05) is 50.9 Å². The smallest absolute Gasteiger partial charge is 0.269 e. The molecule has 9 heteroatoms. The normalized spacial score (nSPS) is 10.9. The van der Waals surface area contributed by atoms with Crippen molar-refractivity contribution in [3.8, 4) is 5.75 Å². The van der Waals surface area contributed by atoms with Gasteiger partial charge >= 0.3 is 0 Å². The Bertz CT molecular complexity index is 861. The van der Waals surface area contributed by atoms with Crippen LogP contribution in [-0.2, 0) is 17.8 Å². The Labute approximate surface area is 200 Å². The van der Waals surface area contributed by atoms with Crippen molar-refractivity contribution in [1.82, 2.24) is 10.6 Å². The predicted molar refractivity (Wildman–Crippen MR) is 133 cm³/mol. The average Bonchev–Trinajstić information content (AvgIpc) is 2.74. The summed E-state index contributed by atoms with van der Waals surface area (Å²) in [5.74, 6) is 1.48. The van der Waals surface area contributed by atoms with Crippen LogP contribution in [0.2, 0.25) is 0 Å². The molecular weight excluding hydrogens is 511 g/mol. The molecule has 0 radical (unpaired) electrons. The molecule has 31 heavy (non-hydrogen) atoms. The summed E-state index contributed by atoms with van der Waals surface area (Å²) >= 11 is 0. The Kier molecular flexibility index (Phi) is 12.5. The number of aliphatic imine (C=N–C) groups is 1. The van der Waals surface area contributed by atoms with Gasteiger partial charge in [0.25, 0.3) is 5.69 Å². The number of nitro groups is 1. The third-order valence-electron chi connectivity index (χ3n) is 4.30. The number of nitrogens with one attached hydrogen (secondary N) is 2. The second-order valence-corrected chi connectivity index (χ2v) is 6.78. The van der Waals surface area contributed by atoms with Crippen LogP contribution >= 0.6 is 24.0 Å². The molecule has 170 valence electrons. The van der Waals surface area contributed by atoms with Crippen LogP contribution < -0.4 is 15.4 Å². The van der Waals surface area contributed by atoms with Gasteiger partial charge in [-0.3, -0.25) is 10.1 Å². The highest BCUT2D eigenvalue weighted by Crippen LogP contribution is 2.20. The summed E-state index contributed by atoms with van der Waals surface area (Å²) in [5, 5.41) is 17.5. The monoisotopic (exact) mass is 542 g/mol. The molecule has 0 saturated carbocycles. The van der Waals surface area contributed by atoms with Gasteiger partial charge < -0.3 is 20.1 Å². The number of hydrogen-bond donors (Lipinski definition) is 2. The second-order valence-electron chi connectivity index (χ2n) is 6.78. The number of rotatable bonds is 11. The van der Waals surface area contributed by atoms with E-state index in [0.29, 0.717) is 38.8 Å². The fourth-order valence-electron chi connectivity index (χ4n) is 2.79. The maximum absolute atomic E-state index is 10.9. The van der Waals surface area contributed by atoms with Crippen molar-refractivity contribution < 1.29 is 14.4 Å². The molecule has 0 aliphatic carbocycles. The lowest BCUT2D eigenvalue weighted by Crippen LogP contribution is -2.36. The van der Waals surface area contributed by atoms with Gasteiger partial charge in [-0.15, -0.1) is 24.0 Å². The minimum absolute atomic E-state index is 0. The van der Waals surface area contributed by atoms with Crippen LogP contribution in [0.5, 0.6) is 5.75 Å². The van der Waals surface area contributed by atoms with Gasteiger partial charge in [0.05, 0.1) is 18.1 Å². The van der Waals surface area contributed by atoms with Gasteiger partial charge in [-0.25, -0.2) is 4.99 Å². The summed E-state index contributed by atoms with van der Waals surface area (Å²) < 4.78 is 11.0. The lowest BCUT2D eigenvalue weighted by Gasteiger charge is -2.15. The third-order valence-corrected chi connectivity index (χ3v) is 4.30. The minimum atomic E-state index is -0.401. The Hall–Kier alpha value is -2.40. The summed E-state index contributed by atoms with van der Waals surface area (Å²) in [6.45, 7) is 6.85. The minimum Gasteiger partial charge on any atom is -0.493 e. The van der Waals surface area contributed by atoms with E-state index in [0.717, 1.165) is 28.9 Å². The van der Waals surface area contributed by atoms with Crippen molar-refractivity contribution in [1.29, 1.82) is 0 Å². The number of nitrogens with zero attached hydrogens (tertiary/aromatic N) is 2. The first-order chi connectivity index (χ1) is 14.5. The molecule has 0 aromatic heterocycles. The number of hydrogen-bond acceptors (Lipinski definition) is 5. The first-order valence-electron chi connectivity index (χ1n) is 10.00. The molecule has 0 atom stereocenters. The van der Waals surface area contributed by atoms with Crippen molar-refractivity contribution in [2.24, 2.45) is 4.99 Å². The average molecular weight is 542 g/mol. The maximum Gasteiger partial charge on any atom is 0.269 e. The van der Waals surface area contributed by atoms with E-state index >= 15 is 0 Å². The Morgan fingerprint density at radius 3 is 2.68 bits per heavy atom. The summed E-state index contributed by atoms with van der Waals surface area (Å²) in [6.07, 6.45) is 0.824. The highest BCUT2D eigenvalue weighted by molar-refractivity contribution is 14.0. The quantitative estimate of drug-likeness (QED) is 0.110. The van der Waals surface area contributed by atoms with Crippen molar-refractivity contribution in [2.75, 3.05) is 26.9 Å². The molecule has 0 saturated heterocycles. The van der Waals surface area contributed by atoms with Crippen molar-refractivity contribution >= 4 is 35.6 Å². The van der Waals surface area contributed by atoms with Crippen molar-refractivity contribution in [3.05, 3.63) is 69.3 Å². The standard InChI is InChI=1S/C22H30N4O4.HI/c1-4-23-22(24-15-18-7-5-8-20(14-18)26(27)28)25-16-19-10-9-17(2)13-21(19)30-12-6-11-29-3;/h5,7-10,13-14H,4,6,11-12,15-16H2,1-3H3,(H2,23,24,25);1H. The number of ether oxygens (including phenoxy) is 2. The molecule has 2 aromatic carbocycles. The first kappa shape index (κ1) is 26.6. The molecule has 0 heterocycles. The van der Waals surface area contributed by atoms with E-state index in [4.69, 9.17) is 9.47 Å². The highest BCUT2D eigenvalue weighted by atomic mass is 127. The number of nitro benzene ring substituents is 1. The van der Waals surface area contributed by atoms with Crippen molar-refractivity contribution in [2.45, 2.75) is 33.4 Å². The van der Waals surface area contributed by atoms with Gasteiger partial charge in [-0.05, 0) is 31.0 Å². The van der Waals surface area contributed by atoms with Crippen LogP contribution in [0.25, 0.3) is 0 Å². The summed E-state index contributed by atoms with van der Waals surface area (Å²) in [5.41, 5.74) is 3.00. The number of guanidine groups is 1. The largest absolute Gasteiger partial charge is 0.493 e. The third kappa shape index (κ3) is 9.52. The summed E-state index contributed by atoms with van der Waals surface area (Å²) in [4.78, 5) is 15.1. The topological polar surface area (TPSA) is 98.0 Å². The maximum atomic E-state index is 10.9. The number of methoxy groups -OCH3 is 1. The highest BCUT2D eigenvalue weighted by Gasteiger charge is 2.08. The van der Waals surface area contributed by atoms with Crippen LogP contribution in [0.4, 0.5) is 5.69 Å². The van der Waals surface area contributed by atoms with E-state index in [2.05, 4.69) is 15.6 Å². The van der Waals surface area contributed by atoms with Gasteiger partial charge in [-0.2, -0.15) is 0 Å². The second kappa shape index (κ2) is 14.6. The molecule has 0 aliphatic heterocycles. The van der Waals surface area contributed by atoms with E-state index in [1.807, 2.05) is 38.1 Å².